The van der Waals surface area contributed by atoms with Crippen molar-refractivity contribution in [3.05, 3.63) is 148 Å². The number of nitrogens with zero attached hydrogens (tertiary/aromatic N) is 2. The first-order chi connectivity index (χ1) is 28.1. The van der Waals surface area contributed by atoms with E-state index in [0.717, 1.165) is 66.6 Å². The molecule has 0 radical (unpaired) electrons. The predicted molar refractivity (Wildman–Crippen MR) is 243 cm³/mol. The molecule has 0 atom stereocenters. The summed E-state index contributed by atoms with van der Waals surface area (Å²) < 4.78 is 4.12. The van der Waals surface area contributed by atoms with Gasteiger partial charge in [0.15, 0.2) is 0 Å². The third-order valence-electron chi connectivity index (χ3n) is 10.5. The van der Waals surface area contributed by atoms with Crippen molar-refractivity contribution >= 4 is 20.5 Å². The van der Waals surface area contributed by atoms with Crippen molar-refractivity contribution < 1.29 is 19.1 Å². The van der Waals surface area contributed by atoms with Crippen LogP contribution in [0.3, 0.4) is 0 Å². The van der Waals surface area contributed by atoms with E-state index in [2.05, 4.69) is 137 Å². The Morgan fingerprint density at radius 1 is 0.474 bits per heavy atom. The average molecular weight is 806 g/mol. The molecule has 0 amide bonds. The van der Waals surface area contributed by atoms with E-state index in [1.807, 2.05) is 12.1 Å². The zero-order chi connectivity index (χ0) is 40.3. The Labute approximate surface area is 354 Å². The Morgan fingerprint density at radius 3 is 1.47 bits per heavy atom. The minimum atomic E-state index is 0.871. The normalized spacial score (nSPS) is 12.5. The summed E-state index contributed by atoms with van der Waals surface area (Å²) in [6, 6.07) is 38.6. The van der Waals surface area contributed by atoms with E-state index < -0.39 is 0 Å². The molecule has 1 heterocycles. The summed E-state index contributed by atoms with van der Waals surface area (Å²) in [5.41, 5.74) is 21.1. The monoisotopic (exact) mass is 804 g/mol. The maximum absolute atomic E-state index is 12.1. The molecule has 0 spiro atoms. The van der Waals surface area contributed by atoms with Crippen LogP contribution in [0, 0.1) is 11.8 Å². The molecule has 0 fully saturated rings. The van der Waals surface area contributed by atoms with Crippen LogP contribution in [0.1, 0.15) is 166 Å². The Morgan fingerprint density at radius 2 is 0.930 bits per heavy atom. The molecule has 0 bridgehead atoms. The number of benzene rings is 4. The van der Waals surface area contributed by atoms with Gasteiger partial charge in [-0.3, -0.25) is 0 Å². The predicted octanol–water partition coefficient (Wildman–Crippen LogP) is 14.8. The average Bonchev–Trinajstić information content (AvgIpc) is 3.52. The first-order valence-electron chi connectivity index (χ1n) is 22.4. The summed E-state index contributed by atoms with van der Waals surface area (Å²) >= 11 is 1.60. The van der Waals surface area contributed by atoms with Crippen LogP contribution in [0.5, 0.6) is 0 Å². The molecule has 57 heavy (non-hydrogen) atoms. The molecule has 0 aliphatic carbocycles. The Balaban J connectivity index is 0.000000463. The van der Waals surface area contributed by atoms with E-state index in [-0.39, 0.29) is 0 Å². The molecular weight excluding hydrogens is 735 g/mol. The topological polar surface area (TPSA) is 25.3 Å². The van der Waals surface area contributed by atoms with E-state index in [0.29, 0.717) is 0 Å². The van der Waals surface area contributed by atoms with Gasteiger partial charge >= 0.3 is 84.2 Å². The minimum absolute atomic E-state index is 0.871. The van der Waals surface area contributed by atoms with Crippen molar-refractivity contribution in [1.29, 1.82) is 0 Å². The fourth-order valence-electron chi connectivity index (χ4n) is 7.34. The summed E-state index contributed by atoms with van der Waals surface area (Å²) in [7, 11) is 0. The Hall–Kier alpha value is -3.99. The van der Waals surface area contributed by atoms with E-state index in [9.17, 15) is 5.53 Å². The van der Waals surface area contributed by atoms with Crippen LogP contribution >= 0.6 is 0 Å². The Kier molecular flexibility index (Phi) is 22.1. The van der Waals surface area contributed by atoms with Gasteiger partial charge in [0.25, 0.3) is 0 Å². The third kappa shape index (κ3) is 16.1. The molecule has 0 N–H and O–H groups in total. The van der Waals surface area contributed by atoms with Crippen LogP contribution < -0.4 is 9.07 Å². The van der Waals surface area contributed by atoms with Crippen LogP contribution in [0.25, 0.3) is 16.9 Å². The second-order valence-corrected chi connectivity index (χ2v) is 16.8. The van der Waals surface area contributed by atoms with Gasteiger partial charge in [-0.25, -0.2) is 4.70 Å². The third-order valence-corrected chi connectivity index (χ3v) is 11.8. The number of hydrogen-bond acceptors (Lipinski definition) is 0. The molecule has 1 aliphatic heterocycles. The zero-order valence-corrected chi connectivity index (χ0v) is 36.7. The second-order valence-electron chi connectivity index (χ2n) is 15.4. The molecule has 5 rings (SSSR count). The number of unbranched alkanes of at least 4 members (excludes halogenated alkanes) is 13. The molecule has 306 valence electrons. The van der Waals surface area contributed by atoms with Crippen LogP contribution in [-0.2, 0) is 27.3 Å². The molecule has 0 aromatic heterocycles. The summed E-state index contributed by atoms with van der Waals surface area (Å²) in [6.07, 6.45) is 23.8. The van der Waals surface area contributed by atoms with Crippen molar-refractivity contribution in [2.24, 2.45) is 0 Å². The van der Waals surface area contributed by atoms with Gasteiger partial charge in [-0.05, 0) is 80.3 Å². The molecule has 4 aromatic rings. The van der Waals surface area contributed by atoms with E-state index in [1.165, 1.54) is 120 Å². The SMILES string of the molecule is CCCCCCC#CC1=C(c2cccc(CCCCC)c2)[N+](=[N-])C(c2cccc(CCCCC)c2)=C1CCCCCCCC.c1cc[c]([Ni][c]2ccccc2)cc1. The van der Waals surface area contributed by atoms with E-state index in [1.54, 1.807) is 14.4 Å². The van der Waals surface area contributed by atoms with Crippen LogP contribution in [-0.4, -0.2) is 4.70 Å². The summed E-state index contributed by atoms with van der Waals surface area (Å²) in [5.74, 6) is 7.20. The first-order valence-corrected chi connectivity index (χ1v) is 23.4. The van der Waals surface area contributed by atoms with Gasteiger partial charge in [-0.1, -0.05) is 141 Å². The summed E-state index contributed by atoms with van der Waals surface area (Å²) in [6.45, 7) is 9.05. The Bertz CT molecular complexity index is 1840. The summed E-state index contributed by atoms with van der Waals surface area (Å²) in [5, 5.41) is 0. The van der Waals surface area contributed by atoms with E-state index in [4.69, 9.17) is 0 Å². The van der Waals surface area contributed by atoms with Crippen LogP contribution in [0.4, 0.5) is 0 Å². The maximum atomic E-state index is 12.1. The molecule has 0 saturated heterocycles. The molecular formula is C54H70N2Ni. The van der Waals surface area contributed by atoms with Crippen molar-refractivity contribution in [2.75, 3.05) is 0 Å². The van der Waals surface area contributed by atoms with Gasteiger partial charge in [0, 0.05) is 23.1 Å². The molecule has 3 heteroatoms. The van der Waals surface area contributed by atoms with Gasteiger partial charge in [0.05, 0.1) is 0 Å². The van der Waals surface area contributed by atoms with Crippen molar-refractivity contribution in [3.63, 3.8) is 0 Å². The van der Waals surface area contributed by atoms with Gasteiger partial charge in [0.1, 0.15) is 5.57 Å². The molecule has 0 unspecified atom stereocenters. The molecule has 4 aromatic carbocycles. The van der Waals surface area contributed by atoms with Crippen molar-refractivity contribution in [3.8, 4) is 11.8 Å². The quantitative estimate of drug-likeness (QED) is 0.0309. The number of rotatable bonds is 23. The zero-order valence-electron chi connectivity index (χ0n) is 35.7. The van der Waals surface area contributed by atoms with E-state index >= 15 is 0 Å². The van der Waals surface area contributed by atoms with Gasteiger partial charge in [0.2, 0.25) is 11.4 Å². The fraction of sp³-hybridized carbons (Fsp3) is 0.444. The number of aryl methyl sites for hydroxylation is 2. The molecule has 0 saturated carbocycles. The molecule has 2 nitrogen and oxygen atoms in total. The van der Waals surface area contributed by atoms with Gasteiger partial charge in [-0.15, -0.1) is 0 Å². The standard InChI is InChI=1S/C42H60N2.2C6H5.Ni/c1-5-9-13-15-17-21-31-39-40(32-22-18-16-14-10-6-2)42(38-30-24-28-36(34-38)26-20-12-8-4)44(43)41(39)37-29-23-27-35(33-37)25-19-11-7-3;2*1-2-4-6-5-3-1;/h23-24,27-30,33-34H,5-21,25-26,31H2,1-4H3;2*1-5H;. The van der Waals surface area contributed by atoms with Crippen molar-refractivity contribution in [1.82, 2.24) is 0 Å². The number of allylic oxidation sites excluding steroid dienone is 2. The summed E-state index contributed by atoms with van der Waals surface area (Å²) in [4.78, 5) is 0. The fourth-order valence-corrected chi connectivity index (χ4v) is 8.38. The second kappa shape index (κ2) is 27.6. The van der Waals surface area contributed by atoms with Crippen LogP contribution in [0.15, 0.2) is 120 Å². The number of hydrogen-bond donors (Lipinski definition) is 0. The first kappa shape index (κ1) is 45.7. The van der Waals surface area contributed by atoms with Crippen molar-refractivity contribution in [2.45, 2.75) is 156 Å². The van der Waals surface area contributed by atoms with Gasteiger partial charge < -0.3 is 5.53 Å². The van der Waals surface area contributed by atoms with Crippen LogP contribution in [0.2, 0.25) is 0 Å². The van der Waals surface area contributed by atoms with Gasteiger partial charge in [-0.2, -0.15) is 0 Å². The molecule has 1 aliphatic rings.